The lowest BCUT2D eigenvalue weighted by Gasteiger charge is -2.22. The molecular weight excluding hydrogens is 402 g/mol. The van der Waals surface area contributed by atoms with E-state index >= 15 is 0 Å². The topological polar surface area (TPSA) is 48.1 Å². The maximum atomic E-state index is 5.65. The predicted molar refractivity (Wildman–Crippen MR) is 120 cm³/mol. The van der Waals surface area contributed by atoms with E-state index in [0.717, 1.165) is 27.7 Å². The highest BCUT2D eigenvalue weighted by Gasteiger charge is 2.19. The molecule has 1 atom stereocenters. The van der Waals surface area contributed by atoms with Crippen LogP contribution < -0.4 is 4.74 Å². The lowest BCUT2D eigenvalue weighted by molar-refractivity contribution is 0.194. The van der Waals surface area contributed by atoms with Crippen LogP contribution in [-0.2, 0) is 13.7 Å². The van der Waals surface area contributed by atoms with E-state index in [9.17, 15) is 0 Å². The zero-order valence-corrected chi connectivity index (χ0v) is 18.5. The normalized spacial score (nSPS) is 12.6. The van der Waals surface area contributed by atoms with Crippen LogP contribution in [0.5, 0.6) is 5.75 Å². The van der Waals surface area contributed by atoms with Crippen molar-refractivity contribution in [1.82, 2.24) is 24.2 Å². The van der Waals surface area contributed by atoms with Crippen LogP contribution in [0.4, 0.5) is 0 Å². The van der Waals surface area contributed by atoms with Gasteiger partial charge in [0.05, 0.1) is 35.6 Å². The third-order valence-electron chi connectivity index (χ3n) is 5.07. The summed E-state index contributed by atoms with van der Waals surface area (Å²) >= 11 is 7.38. The maximum absolute atomic E-state index is 5.65. The van der Waals surface area contributed by atoms with Crippen LogP contribution in [0.3, 0.4) is 0 Å². The van der Waals surface area contributed by atoms with Gasteiger partial charge in [-0.3, -0.25) is 4.90 Å². The van der Waals surface area contributed by atoms with E-state index in [0.29, 0.717) is 11.4 Å². The Kier molecular flexibility index (Phi) is 5.49. The summed E-state index contributed by atoms with van der Waals surface area (Å²) in [6.07, 6.45) is 0. The summed E-state index contributed by atoms with van der Waals surface area (Å²) in [7, 11) is 5.67. The molecule has 0 aliphatic carbocycles. The Labute approximate surface area is 179 Å². The van der Waals surface area contributed by atoms with Crippen LogP contribution in [-0.4, -0.2) is 38.4 Å². The molecule has 0 amide bonds. The molecule has 0 saturated carbocycles. The lowest BCUT2D eigenvalue weighted by atomic mass is 10.2. The molecule has 0 fully saturated rings. The highest BCUT2D eigenvalue weighted by atomic mass is 32.1. The number of para-hydroxylation sites is 2. The highest BCUT2D eigenvalue weighted by Crippen LogP contribution is 2.30. The molecule has 29 heavy (non-hydrogen) atoms. The Morgan fingerprint density at radius 2 is 1.90 bits per heavy atom. The Morgan fingerprint density at radius 1 is 1.17 bits per heavy atom. The van der Waals surface area contributed by atoms with Gasteiger partial charge in [0, 0.05) is 7.05 Å². The summed E-state index contributed by atoms with van der Waals surface area (Å²) in [6, 6.07) is 16.2. The monoisotopic (exact) mass is 425 g/mol. The van der Waals surface area contributed by atoms with Crippen molar-refractivity contribution in [3.05, 3.63) is 58.3 Å². The van der Waals surface area contributed by atoms with E-state index in [-0.39, 0.29) is 6.04 Å². The predicted octanol–water partition coefficient (Wildman–Crippen LogP) is 4.89. The largest absolute Gasteiger partial charge is 0.496 e. The standard InChI is InChI=1S/C21H23N5OS2/c1-14(20-22-16-10-6-8-12-18(16)29-20)24(2)13-26-21(28)25(3)19(23-26)15-9-5-7-11-17(15)27-4/h5-12,14H,13H2,1-4H3. The maximum Gasteiger partial charge on any atom is 0.199 e. The summed E-state index contributed by atoms with van der Waals surface area (Å²) in [5.41, 5.74) is 1.96. The van der Waals surface area contributed by atoms with Crippen molar-refractivity contribution in [3.8, 4) is 17.1 Å². The zero-order chi connectivity index (χ0) is 20.5. The summed E-state index contributed by atoms with van der Waals surface area (Å²) < 4.78 is 11.1. The third kappa shape index (κ3) is 3.71. The fourth-order valence-corrected chi connectivity index (χ4v) is 4.50. The van der Waals surface area contributed by atoms with E-state index in [2.05, 4.69) is 31.0 Å². The molecule has 1 unspecified atom stereocenters. The Hall–Kier alpha value is -2.55. The summed E-state index contributed by atoms with van der Waals surface area (Å²) in [4.78, 5) is 6.99. The van der Waals surface area contributed by atoms with Crippen LogP contribution >= 0.6 is 23.6 Å². The number of hydrogen-bond donors (Lipinski definition) is 0. The first-order chi connectivity index (χ1) is 14.0. The number of rotatable bonds is 6. The van der Waals surface area contributed by atoms with Gasteiger partial charge in [-0.15, -0.1) is 11.3 Å². The quantitative estimate of drug-likeness (QED) is 0.412. The van der Waals surface area contributed by atoms with E-state index in [1.807, 2.05) is 52.7 Å². The Bertz CT molecular complexity index is 1180. The minimum absolute atomic E-state index is 0.144. The third-order valence-corrected chi connectivity index (χ3v) is 6.77. The van der Waals surface area contributed by atoms with E-state index in [4.69, 9.17) is 27.0 Å². The molecule has 0 saturated heterocycles. The Balaban J connectivity index is 1.61. The fraction of sp³-hybridized carbons (Fsp3) is 0.286. The van der Waals surface area contributed by atoms with Crippen molar-refractivity contribution in [1.29, 1.82) is 0 Å². The van der Waals surface area contributed by atoms with Crippen molar-refractivity contribution in [2.75, 3.05) is 14.2 Å². The fourth-order valence-electron chi connectivity index (χ4n) is 3.23. The molecule has 0 aliphatic heterocycles. The van der Waals surface area contributed by atoms with Crippen molar-refractivity contribution in [2.45, 2.75) is 19.6 Å². The smallest absolute Gasteiger partial charge is 0.199 e. The van der Waals surface area contributed by atoms with Crippen LogP contribution in [0, 0.1) is 4.77 Å². The highest BCUT2D eigenvalue weighted by molar-refractivity contribution is 7.71. The lowest BCUT2D eigenvalue weighted by Crippen LogP contribution is -2.26. The van der Waals surface area contributed by atoms with Crippen molar-refractivity contribution in [3.63, 3.8) is 0 Å². The first-order valence-electron chi connectivity index (χ1n) is 9.32. The van der Waals surface area contributed by atoms with Crippen molar-refractivity contribution >= 4 is 33.8 Å². The molecule has 8 heteroatoms. The molecule has 4 rings (SSSR count). The van der Waals surface area contributed by atoms with Crippen LogP contribution in [0.25, 0.3) is 21.6 Å². The minimum atomic E-state index is 0.144. The molecule has 2 heterocycles. The van der Waals surface area contributed by atoms with Crippen molar-refractivity contribution in [2.24, 2.45) is 7.05 Å². The van der Waals surface area contributed by atoms with Crippen LogP contribution in [0.2, 0.25) is 0 Å². The summed E-state index contributed by atoms with van der Waals surface area (Å²) in [5, 5.41) is 5.87. The molecular formula is C21H23N5OS2. The number of ether oxygens (including phenoxy) is 1. The Morgan fingerprint density at radius 3 is 2.66 bits per heavy atom. The summed E-state index contributed by atoms with van der Waals surface area (Å²) in [6.45, 7) is 2.73. The van der Waals surface area contributed by atoms with Gasteiger partial charge in [-0.25, -0.2) is 9.67 Å². The number of methoxy groups -OCH3 is 1. The molecule has 150 valence electrons. The van der Waals surface area contributed by atoms with E-state index in [1.54, 1.807) is 18.4 Å². The van der Waals surface area contributed by atoms with Gasteiger partial charge in [-0.05, 0) is 50.5 Å². The van der Waals surface area contributed by atoms with Crippen LogP contribution in [0.15, 0.2) is 48.5 Å². The van der Waals surface area contributed by atoms with Gasteiger partial charge in [-0.1, -0.05) is 24.3 Å². The van der Waals surface area contributed by atoms with E-state index < -0.39 is 0 Å². The van der Waals surface area contributed by atoms with Gasteiger partial charge >= 0.3 is 0 Å². The number of nitrogens with zero attached hydrogens (tertiary/aromatic N) is 5. The first kappa shape index (κ1) is 19.8. The average molecular weight is 426 g/mol. The zero-order valence-electron chi connectivity index (χ0n) is 16.9. The molecule has 6 nitrogen and oxygen atoms in total. The number of fused-ring (bicyclic) bond motifs is 1. The molecule has 0 N–H and O–H groups in total. The molecule has 4 aromatic rings. The van der Waals surface area contributed by atoms with Gasteiger partial charge in [0.2, 0.25) is 0 Å². The van der Waals surface area contributed by atoms with Gasteiger partial charge in [-0.2, -0.15) is 5.10 Å². The first-order valence-corrected chi connectivity index (χ1v) is 10.5. The second-order valence-electron chi connectivity index (χ2n) is 6.96. The van der Waals surface area contributed by atoms with Gasteiger partial charge in [0.15, 0.2) is 10.6 Å². The molecule has 2 aromatic heterocycles. The molecule has 0 spiro atoms. The summed E-state index contributed by atoms with van der Waals surface area (Å²) in [5.74, 6) is 1.56. The molecule has 0 bridgehead atoms. The number of hydrogen-bond acceptors (Lipinski definition) is 6. The van der Waals surface area contributed by atoms with Gasteiger partial charge < -0.3 is 9.30 Å². The second kappa shape index (κ2) is 8.06. The van der Waals surface area contributed by atoms with Crippen LogP contribution in [0.1, 0.15) is 18.0 Å². The molecule has 2 aromatic carbocycles. The van der Waals surface area contributed by atoms with Crippen molar-refractivity contribution < 1.29 is 4.74 Å². The van der Waals surface area contributed by atoms with E-state index in [1.165, 1.54) is 4.70 Å². The minimum Gasteiger partial charge on any atom is -0.496 e. The molecule has 0 radical (unpaired) electrons. The second-order valence-corrected chi connectivity index (χ2v) is 8.39. The molecule has 0 aliphatic rings. The van der Waals surface area contributed by atoms with Gasteiger partial charge in [0.25, 0.3) is 0 Å². The average Bonchev–Trinajstić information content (AvgIpc) is 3.29. The number of thiazole rings is 1. The van der Waals surface area contributed by atoms with Gasteiger partial charge in [0.1, 0.15) is 10.8 Å². The number of benzene rings is 2. The SMILES string of the molecule is COc1ccccc1-c1nn(CN(C)C(C)c2nc3ccccc3s2)c(=S)n1C. The number of aromatic nitrogens is 4.